The quantitative estimate of drug-likeness (QED) is 0.0833. The van der Waals surface area contributed by atoms with Crippen LogP contribution in [0.4, 0.5) is 5.69 Å². The predicted octanol–water partition coefficient (Wildman–Crippen LogP) is 6.95. The van der Waals surface area contributed by atoms with Gasteiger partial charge in [0, 0.05) is 49.0 Å². The van der Waals surface area contributed by atoms with Gasteiger partial charge in [-0.1, -0.05) is 37.9 Å². The minimum absolute atomic E-state index is 0.224. The topological polar surface area (TPSA) is 100 Å². The normalized spacial score (nSPS) is 12.5. The molecular weight excluding hydrogens is 708 g/mol. The second kappa shape index (κ2) is 17.3. The molecular formula is C34H42Br2N2O7. The number of aliphatic hydroxyl groups excluding tert-OH is 1. The molecule has 0 fully saturated rings. The molecule has 1 atom stereocenters. The lowest BCUT2D eigenvalue weighted by molar-refractivity contribution is -0.156. The highest BCUT2D eigenvalue weighted by Gasteiger charge is 2.16. The summed E-state index contributed by atoms with van der Waals surface area (Å²) >= 11 is 7.17. The molecule has 1 unspecified atom stereocenters. The first kappa shape index (κ1) is 35.2. The van der Waals surface area contributed by atoms with Crippen molar-refractivity contribution in [3.05, 3.63) is 69.6 Å². The van der Waals surface area contributed by atoms with Gasteiger partial charge in [-0.25, -0.2) is 0 Å². The van der Waals surface area contributed by atoms with Crippen LogP contribution in [-0.2, 0) is 30.3 Å². The number of nitrogens with one attached hydrogen (secondary N) is 1. The third-order valence-electron chi connectivity index (χ3n) is 6.67. The Morgan fingerprint density at radius 1 is 0.822 bits per heavy atom. The van der Waals surface area contributed by atoms with Gasteiger partial charge in [-0.05, 0) is 69.3 Å². The largest absolute Gasteiger partial charge is 0.491 e. The van der Waals surface area contributed by atoms with E-state index in [-0.39, 0.29) is 12.4 Å². The molecule has 2 N–H and O–H groups in total. The molecule has 0 aliphatic carbocycles. The van der Waals surface area contributed by atoms with Gasteiger partial charge in [0.15, 0.2) is 0 Å². The van der Waals surface area contributed by atoms with E-state index in [0.717, 1.165) is 42.2 Å². The molecule has 1 heterocycles. The standard InChI is InChI=1S/C34H42Br2N2O7/c1-34(2,3)45-33(40)11-12-41-13-14-42-15-16-43-17-18-44-28-6-4-5-26(21-28)37-22-27(39)23-38-31-9-7-24(35)19-29(31)30-20-25(36)8-10-32(30)38/h4-10,19-21,27,37,39H,11-18,22-23H2,1-3H3. The number of aromatic nitrogens is 1. The first-order valence-corrected chi connectivity index (χ1v) is 16.6. The minimum Gasteiger partial charge on any atom is -0.491 e. The van der Waals surface area contributed by atoms with E-state index < -0.39 is 11.7 Å². The van der Waals surface area contributed by atoms with Crippen molar-refractivity contribution in [3.63, 3.8) is 0 Å². The monoisotopic (exact) mass is 748 g/mol. The highest BCUT2D eigenvalue weighted by atomic mass is 79.9. The lowest BCUT2D eigenvalue weighted by Crippen LogP contribution is -2.24. The van der Waals surface area contributed by atoms with Crippen LogP contribution in [0.2, 0.25) is 0 Å². The fraction of sp³-hybridized carbons (Fsp3) is 0.441. The van der Waals surface area contributed by atoms with Crippen LogP contribution in [0.5, 0.6) is 5.75 Å². The molecule has 4 rings (SSSR count). The van der Waals surface area contributed by atoms with Crippen molar-refractivity contribution in [2.75, 3.05) is 58.1 Å². The average molecular weight is 751 g/mol. The van der Waals surface area contributed by atoms with E-state index in [0.29, 0.717) is 59.3 Å². The highest BCUT2D eigenvalue weighted by Crippen LogP contribution is 2.33. The maximum atomic E-state index is 11.6. The minimum atomic E-state index is -0.611. The Morgan fingerprint density at radius 3 is 2.00 bits per heavy atom. The number of rotatable bonds is 18. The number of ether oxygens (including phenoxy) is 5. The molecule has 0 saturated heterocycles. The third-order valence-corrected chi connectivity index (χ3v) is 7.66. The Labute approximate surface area is 281 Å². The van der Waals surface area contributed by atoms with Crippen LogP contribution >= 0.6 is 31.9 Å². The van der Waals surface area contributed by atoms with Gasteiger partial charge in [0.2, 0.25) is 0 Å². The number of halogens is 2. The van der Waals surface area contributed by atoms with E-state index in [9.17, 15) is 9.90 Å². The van der Waals surface area contributed by atoms with Gasteiger partial charge >= 0.3 is 5.97 Å². The number of esters is 1. The van der Waals surface area contributed by atoms with Gasteiger partial charge < -0.3 is 38.7 Å². The molecule has 0 bridgehead atoms. The summed E-state index contributed by atoms with van der Waals surface area (Å²) in [4.78, 5) is 11.6. The van der Waals surface area contributed by atoms with Crippen LogP contribution in [0.1, 0.15) is 27.2 Å². The Hall–Kier alpha value is -2.67. The number of carbonyl (C=O) groups excluding carboxylic acids is 1. The van der Waals surface area contributed by atoms with Crippen molar-refractivity contribution < 1.29 is 33.6 Å². The van der Waals surface area contributed by atoms with E-state index in [1.807, 2.05) is 57.2 Å². The zero-order valence-corrected chi connectivity index (χ0v) is 29.2. The molecule has 244 valence electrons. The lowest BCUT2D eigenvalue weighted by Gasteiger charge is -2.19. The van der Waals surface area contributed by atoms with Gasteiger partial charge in [0.05, 0.1) is 58.7 Å². The van der Waals surface area contributed by atoms with Crippen molar-refractivity contribution >= 4 is 65.3 Å². The van der Waals surface area contributed by atoms with Crippen molar-refractivity contribution in [1.29, 1.82) is 0 Å². The number of anilines is 1. The van der Waals surface area contributed by atoms with Crippen molar-refractivity contribution in [1.82, 2.24) is 4.57 Å². The van der Waals surface area contributed by atoms with E-state index in [1.165, 1.54) is 0 Å². The second-order valence-electron chi connectivity index (χ2n) is 11.5. The summed E-state index contributed by atoms with van der Waals surface area (Å²) in [6.45, 7) is 9.22. The second-order valence-corrected chi connectivity index (χ2v) is 13.3. The summed E-state index contributed by atoms with van der Waals surface area (Å²) in [5.41, 5.74) is 2.54. The maximum Gasteiger partial charge on any atom is 0.308 e. The Kier molecular flexibility index (Phi) is 13.5. The van der Waals surface area contributed by atoms with Crippen LogP contribution in [0.3, 0.4) is 0 Å². The fourth-order valence-electron chi connectivity index (χ4n) is 4.76. The van der Waals surface area contributed by atoms with E-state index in [1.54, 1.807) is 0 Å². The van der Waals surface area contributed by atoms with Crippen molar-refractivity contribution in [2.24, 2.45) is 0 Å². The summed E-state index contributed by atoms with van der Waals surface area (Å²) in [5, 5.41) is 16.6. The van der Waals surface area contributed by atoms with Crippen LogP contribution < -0.4 is 10.1 Å². The Balaban J connectivity index is 1.11. The summed E-state index contributed by atoms with van der Waals surface area (Å²) in [5.74, 6) is 0.450. The summed E-state index contributed by atoms with van der Waals surface area (Å²) in [6, 6.07) is 20.1. The first-order chi connectivity index (χ1) is 21.6. The van der Waals surface area contributed by atoms with Crippen molar-refractivity contribution in [3.8, 4) is 5.75 Å². The van der Waals surface area contributed by atoms with E-state index >= 15 is 0 Å². The Morgan fingerprint density at radius 2 is 1.40 bits per heavy atom. The molecule has 0 aliphatic heterocycles. The van der Waals surface area contributed by atoms with Crippen molar-refractivity contribution in [2.45, 2.75) is 45.4 Å². The predicted molar refractivity (Wildman–Crippen MR) is 184 cm³/mol. The van der Waals surface area contributed by atoms with E-state index in [2.05, 4.69) is 66.0 Å². The van der Waals surface area contributed by atoms with Crippen LogP contribution in [0.25, 0.3) is 21.8 Å². The number of aliphatic hydroxyl groups is 1. The molecule has 45 heavy (non-hydrogen) atoms. The molecule has 3 aromatic carbocycles. The molecule has 0 aliphatic rings. The highest BCUT2D eigenvalue weighted by molar-refractivity contribution is 9.10. The molecule has 0 saturated carbocycles. The smallest absolute Gasteiger partial charge is 0.308 e. The van der Waals surface area contributed by atoms with Gasteiger partial charge in [-0.2, -0.15) is 0 Å². The van der Waals surface area contributed by atoms with Gasteiger partial charge in [0.1, 0.15) is 18.0 Å². The number of carbonyl (C=O) groups is 1. The SMILES string of the molecule is CC(C)(C)OC(=O)CCOCCOCCOCCOc1cccc(NCC(O)Cn2c3ccc(Br)cc3c3cc(Br)ccc32)c1. The molecule has 1 aromatic heterocycles. The van der Waals surface area contributed by atoms with Crippen LogP contribution in [0, 0.1) is 0 Å². The van der Waals surface area contributed by atoms with E-state index in [4.69, 9.17) is 23.7 Å². The molecule has 4 aromatic rings. The summed E-state index contributed by atoms with van der Waals surface area (Å²) in [6.07, 6.45) is -0.387. The zero-order chi connectivity index (χ0) is 32.2. The summed E-state index contributed by atoms with van der Waals surface area (Å²) in [7, 11) is 0. The van der Waals surface area contributed by atoms with Crippen LogP contribution in [-0.4, -0.2) is 80.1 Å². The van der Waals surface area contributed by atoms with Gasteiger partial charge in [-0.3, -0.25) is 4.79 Å². The zero-order valence-electron chi connectivity index (χ0n) is 26.0. The first-order valence-electron chi connectivity index (χ1n) is 15.1. The Bertz CT molecular complexity index is 1480. The average Bonchev–Trinajstić information content (AvgIpc) is 3.27. The van der Waals surface area contributed by atoms with Crippen LogP contribution in [0.15, 0.2) is 69.6 Å². The third kappa shape index (κ3) is 11.6. The van der Waals surface area contributed by atoms with Gasteiger partial charge in [0.25, 0.3) is 0 Å². The lowest BCUT2D eigenvalue weighted by atomic mass is 10.2. The molecule has 11 heteroatoms. The fourth-order valence-corrected chi connectivity index (χ4v) is 5.48. The molecule has 0 spiro atoms. The maximum absolute atomic E-state index is 11.6. The number of hydrogen-bond acceptors (Lipinski definition) is 8. The number of nitrogens with zero attached hydrogens (tertiary/aromatic N) is 1. The number of fused-ring (bicyclic) bond motifs is 3. The molecule has 0 radical (unpaired) electrons. The summed E-state index contributed by atoms with van der Waals surface area (Å²) < 4.78 is 31.8. The molecule has 9 nitrogen and oxygen atoms in total. The molecule has 0 amide bonds. The number of hydrogen-bond donors (Lipinski definition) is 2. The van der Waals surface area contributed by atoms with Gasteiger partial charge in [-0.15, -0.1) is 0 Å². The number of benzene rings is 3.